The fourth-order valence-electron chi connectivity index (χ4n) is 1.86. The molecule has 24 heavy (non-hydrogen) atoms. The number of rotatable bonds is 9. The van der Waals surface area contributed by atoms with Gasteiger partial charge in [-0.15, -0.1) is 0 Å². The van der Waals surface area contributed by atoms with Crippen molar-refractivity contribution in [1.82, 2.24) is 14.9 Å². The lowest BCUT2D eigenvalue weighted by Gasteiger charge is -2.24. The zero-order valence-electron chi connectivity index (χ0n) is 13.4. The van der Waals surface area contributed by atoms with E-state index in [0.717, 1.165) is 4.91 Å². The number of hydrogen-bond acceptors (Lipinski definition) is 8. The van der Waals surface area contributed by atoms with Crippen LogP contribution in [-0.4, -0.2) is 42.9 Å². The van der Waals surface area contributed by atoms with Gasteiger partial charge in [0.05, 0.1) is 6.54 Å². The molecule has 1 aromatic rings. The lowest BCUT2D eigenvalue weighted by Crippen LogP contribution is -2.25. The maximum absolute atomic E-state index is 12.0. The van der Waals surface area contributed by atoms with Crippen LogP contribution in [0.5, 0.6) is 0 Å². The lowest BCUT2D eigenvalue weighted by atomic mass is 10.2. The summed E-state index contributed by atoms with van der Waals surface area (Å²) in [6.45, 7) is 3.98. The molecule has 0 aliphatic carbocycles. The number of hydrogen-bond donors (Lipinski definition) is 2. The van der Waals surface area contributed by atoms with E-state index in [1.807, 2.05) is 0 Å². The third-order valence-corrected chi connectivity index (χ3v) is 4.76. The number of thioether (sulfide) groups is 1. The van der Waals surface area contributed by atoms with E-state index in [1.54, 1.807) is 42.6 Å². The number of nitrogen functional groups attached to an aromatic ring is 1. The Hall–Kier alpha value is -1.40. The molecule has 3 N–H and O–H groups in total. The number of ether oxygens (including phenoxy) is 1. The van der Waals surface area contributed by atoms with Gasteiger partial charge in [-0.05, 0) is 13.8 Å². The molecule has 0 aromatic carbocycles. The Bertz CT molecular complexity index is 627. The molecule has 0 unspecified atom stereocenters. The minimum atomic E-state index is -0.211. The smallest absolute Gasteiger partial charge is 0.293 e. The van der Waals surface area contributed by atoms with Gasteiger partial charge in [-0.3, -0.25) is 9.59 Å². The highest BCUT2D eigenvalue weighted by Gasteiger charge is 2.19. The van der Waals surface area contributed by atoms with Crippen molar-refractivity contribution in [2.75, 3.05) is 18.3 Å². The molecule has 0 saturated carbocycles. The SMILES string of the molecule is C/C(=C(\CCO)SCOC=O)N(Cc1cnc(C)nc1N)C(=O)I. The van der Waals surface area contributed by atoms with Crippen LogP contribution in [0.3, 0.4) is 0 Å². The molecule has 0 spiro atoms. The summed E-state index contributed by atoms with van der Waals surface area (Å²) >= 11 is 2.93. The number of amides is 1. The van der Waals surface area contributed by atoms with Crippen molar-refractivity contribution in [3.63, 3.8) is 0 Å². The molecule has 0 atom stereocenters. The third-order valence-electron chi connectivity index (χ3n) is 3.08. The Morgan fingerprint density at radius 2 is 2.29 bits per heavy atom. The Balaban J connectivity index is 3.07. The first kappa shape index (κ1) is 20.6. The van der Waals surface area contributed by atoms with Crippen LogP contribution in [0.4, 0.5) is 10.6 Å². The molecule has 1 aromatic heterocycles. The van der Waals surface area contributed by atoms with E-state index in [2.05, 4.69) is 14.7 Å². The second-order valence-electron chi connectivity index (χ2n) is 4.67. The van der Waals surface area contributed by atoms with E-state index in [-0.39, 0.29) is 23.0 Å². The number of carbonyl (C=O) groups excluding carboxylic acids is 2. The minimum absolute atomic E-state index is 0.0835. The molecule has 0 aliphatic heterocycles. The number of aliphatic hydroxyl groups is 1. The third kappa shape index (κ3) is 6.24. The van der Waals surface area contributed by atoms with Crippen LogP contribution in [-0.2, 0) is 16.1 Å². The number of allylic oxidation sites excluding steroid dienone is 1. The van der Waals surface area contributed by atoms with Crippen LogP contribution >= 0.6 is 34.4 Å². The van der Waals surface area contributed by atoms with Gasteiger partial charge in [-0.1, -0.05) is 11.8 Å². The first-order valence-corrected chi connectivity index (χ1v) is 9.00. The van der Waals surface area contributed by atoms with Crippen LogP contribution in [0.2, 0.25) is 0 Å². The zero-order valence-corrected chi connectivity index (χ0v) is 16.3. The van der Waals surface area contributed by atoms with Crippen LogP contribution in [0, 0.1) is 6.92 Å². The second-order valence-corrected chi connectivity index (χ2v) is 6.61. The molecule has 0 radical (unpaired) electrons. The van der Waals surface area contributed by atoms with Gasteiger partial charge < -0.3 is 20.5 Å². The van der Waals surface area contributed by atoms with Crippen molar-refractivity contribution in [3.05, 3.63) is 28.2 Å². The molecule has 1 amide bonds. The van der Waals surface area contributed by atoms with Gasteiger partial charge in [0.1, 0.15) is 17.6 Å². The van der Waals surface area contributed by atoms with Crippen molar-refractivity contribution in [1.29, 1.82) is 0 Å². The van der Waals surface area contributed by atoms with Crippen molar-refractivity contribution >= 4 is 50.6 Å². The van der Waals surface area contributed by atoms with Crippen molar-refractivity contribution in [3.8, 4) is 0 Å². The molecule has 1 heterocycles. The van der Waals surface area contributed by atoms with Gasteiger partial charge >= 0.3 is 0 Å². The molecule has 0 saturated heterocycles. The van der Waals surface area contributed by atoms with E-state index in [0.29, 0.717) is 35.8 Å². The lowest BCUT2D eigenvalue weighted by molar-refractivity contribution is -0.126. The Kier molecular flexibility index (Phi) is 9.00. The minimum Gasteiger partial charge on any atom is -0.456 e. The maximum Gasteiger partial charge on any atom is 0.293 e. The van der Waals surface area contributed by atoms with Crippen LogP contribution < -0.4 is 5.73 Å². The van der Waals surface area contributed by atoms with Gasteiger partial charge in [0, 0.05) is 58.0 Å². The fourth-order valence-corrected chi connectivity index (χ4v) is 3.21. The second kappa shape index (κ2) is 10.5. The largest absolute Gasteiger partial charge is 0.456 e. The quantitative estimate of drug-likeness (QED) is 0.142. The summed E-state index contributed by atoms with van der Waals surface area (Å²) in [5, 5.41) is 9.22. The summed E-state index contributed by atoms with van der Waals surface area (Å²) in [4.78, 5) is 32.8. The first-order valence-electron chi connectivity index (χ1n) is 6.94. The molecular weight excluding hydrogens is 447 g/mol. The number of carbonyl (C=O) groups is 2. The summed E-state index contributed by atoms with van der Waals surface area (Å²) in [6, 6.07) is 0. The molecule has 132 valence electrons. The summed E-state index contributed by atoms with van der Waals surface area (Å²) < 4.78 is 4.46. The zero-order chi connectivity index (χ0) is 18.1. The highest BCUT2D eigenvalue weighted by Crippen LogP contribution is 2.28. The van der Waals surface area contributed by atoms with Gasteiger partial charge in [0.2, 0.25) is 0 Å². The first-order chi connectivity index (χ1) is 11.4. The van der Waals surface area contributed by atoms with Crippen molar-refractivity contribution < 1.29 is 19.4 Å². The molecule has 1 rings (SSSR count). The maximum atomic E-state index is 12.0. The number of nitrogens with zero attached hydrogens (tertiary/aromatic N) is 3. The van der Waals surface area contributed by atoms with E-state index in [9.17, 15) is 14.7 Å². The van der Waals surface area contributed by atoms with Crippen molar-refractivity contribution in [2.24, 2.45) is 0 Å². The predicted molar refractivity (Wildman–Crippen MR) is 100 cm³/mol. The standard InChI is InChI=1S/C14H19IN4O4S/c1-9(12(3-4-20)24-8-23-7-21)19(14(15)22)6-11-5-17-10(2)18-13(11)16/h5,7,20H,3-4,6,8H2,1-2H3,(H2,16,17,18)/b12-9-. The summed E-state index contributed by atoms with van der Waals surface area (Å²) in [5.41, 5.74) is 7.17. The number of aryl methyl sites for hydroxylation is 1. The van der Waals surface area contributed by atoms with Crippen LogP contribution in [0.25, 0.3) is 0 Å². The van der Waals surface area contributed by atoms with Gasteiger partial charge in [-0.2, -0.15) is 0 Å². The summed E-state index contributed by atoms with van der Waals surface area (Å²) in [5.74, 6) is 0.979. The molecular formula is C14H19IN4O4S. The normalized spacial score (nSPS) is 11.7. The van der Waals surface area contributed by atoms with Crippen LogP contribution in [0.15, 0.2) is 16.8 Å². The van der Waals surface area contributed by atoms with E-state index in [1.165, 1.54) is 16.7 Å². The fraction of sp³-hybridized carbons (Fsp3) is 0.429. The average Bonchev–Trinajstić information content (AvgIpc) is 2.52. The summed E-state index contributed by atoms with van der Waals surface area (Å²) in [6.07, 6.45) is 1.94. The molecule has 0 bridgehead atoms. The number of aromatic nitrogens is 2. The van der Waals surface area contributed by atoms with Gasteiger partial charge in [-0.25, -0.2) is 9.97 Å². The van der Waals surface area contributed by atoms with E-state index >= 15 is 0 Å². The van der Waals surface area contributed by atoms with E-state index in [4.69, 9.17) is 5.73 Å². The predicted octanol–water partition coefficient (Wildman–Crippen LogP) is 2.20. The molecule has 0 aliphatic rings. The Morgan fingerprint density at radius 3 is 2.83 bits per heavy atom. The average molecular weight is 466 g/mol. The van der Waals surface area contributed by atoms with Gasteiger partial charge in [0.15, 0.2) is 0 Å². The Morgan fingerprint density at radius 1 is 1.58 bits per heavy atom. The number of nitrogens with two attached hydrogens (primary N) is 1. The van der Waals surface area contributed by atoms with Crippen molar-refractivity contribution in [2.45, 2.75) is 26.8 Å². The molecule has 8 nitrogen and oxygen atoms in total. The summed E-state index contributed by atoms with van der Waals surface area (Å²) in [7, 11) is 0. The topological polar surface area (TPSA) is 119 Å². The van der Waals surface area contributed by atoms with Crippen LogP contribution in [0.1, 0.15) is 24.7 Å². The highest BCUT2D eigenvalue weighted by molar-refractivity contribution is 14.1. The molecule has 0 fully saturated rings. The number of anilines is 1. The monoisotopic (exact) mass is 466 g/mol. The number of aliphatic hydroxyl groups excluding tert-OH is 1. The number of halogens is 1. The van der Waals surface area contributed by atoms with E-state index < -0.39 is 0 Å². The Labute approximate surface area is 158 Å². The molecule has 10 heteroatoms. The highest BCUT2D eigenvalue weighted by atomic mass is 127. The van der Waals surface area contributed by atoms with Gasteiger partial charge in [0.25, 0.3) is 10.4 Å².